The molecular formula is C19H20Cl2FN2O2+. The molecule has 0 amide bonds. The first-order chi connectivity index (χ1) is 12.5. The lowest BCUT2D eigenvalue weighted by Gasteiger charge is -2.31. The summed E-state index contributed by atoms with van der Waals surface area (Å²) in [6.07, 6.45) is 1.57. The Labute approximate surface area is 161 Å². The first-order valence-corrected chi connectivity index (χ1v) is 9.16. The van der Waals surface area contributed by atoms with Crippen molar-refractivity contribution in [3.05, 3.63) is 63.4 Å². The van der Waals surface area contributed by atoms with Crippen LogP contribution in [0, 0.1) is 5.82 Å². The summed E-state index contributed by atoms with van der Waals surface area (Å²) in [5, 5.41) is 10.7. The van der Waals surface area contributed by atoms with Crippen LogP contribution in [0.25, 0.3) is 0 Å². The highest BCUT2D eigenvalue weighted by molar-refractivity contribution is 6.36. The van der Waals surface area contributed by atoms with E-state index in [1.165, 1.54) is 23.1 Å². The van der Waals surface area contributed by atoms with Crippen molar-refractivity contribution in [3.63, 3.8) is 0 Å². The van der Waals surface area contributed by atoms with Gasteiger partial charge in [0, 0.05) is 22.4 Å². The Morgan fingerprint density at radius 3 is 2.58 bits per heavy atom. The fourth-order valence-electron chi connectivity index (χ4n) is 3.09. The van der Waals surface area contributed by atoms with Crippen LogP contribution in [-0.2, 0) is 4.74 Å². The average Bonchev–Trinajstić information content (AvgIpc) is 2.64. The Kier molecular flexibility index (Phi) is 6.48. The summed E-state index contributed by atoms with van der Waals surface area (Å²) in [6, 6.07) is 9.70. The van der Waals surface area contributed by atoms with Crippen LogP contribution < -0.4 is 4.90 Å². The molecule has 0 saturated carbocycles. The highest BCUT2D eigenvalue weighted by Crippen LogP contribution is 2.30. The van der Waals surface area contributed by atoms with Gasteiger partial charge in [0.15, 0.2) is 0 Å². The van der Waals surface area contributed by atoms with Crippen LogP contribution in [0.2, 0.25) is 10.0 Å². The molecule has 26 heavy (non-hydrogen) atoms. The lowest BCUT2D eigenvalue weighted by molar-refractivity contribution is -0.937. The topological polar surface area (TPSA) is 46.3 Å². The van der Waals surface area contributed by atoms with Crippen LogP contribution >= 0.6 is 23.2 Å². The average molecular weight is 398 g/mol. The predicted octanol–water partition coefficient (Wildman–Crippen LogP) is 2.91. The van der Waals surface area contributed by atoms with Gasteiger partial charge in [0.2, 0.25) is 0 Å². The molecule has 138 valence electrons. The highest BCUT2D eigenvalue weighted by atomic mass is 35.5. The Morgan fingerprint density at radius 1 is 1.19 bits per heavy atom. The van der Waals surface area contributed by atoms with Crippen molar-refractivity contribution in [2.75, 3.05) is 32.8 Å². The molecule has 1 aliphatic rings. The zero-order valence-electron chi connectivity index (χ0n) is 14.1. The van der Waals surface area contributed by atoms with Gasteiger partial charge in [-0.15, -0.1) is 0 Å². The van der Waals surface area contributed by atoms with Gasteiger partial charge in [-0.1, -0.05) is 35.3 Å². The molecule has 4 nitrogen and oxygen atoms in total. The first-order valence-electron chi connectivity index (χ1n) is 8.40. The van der Waals surface area contributed by atoms with Gasteiger partial charge in [0.25, 0.3) is 0 Å². The van der Waals surface area contributed by atoms with Crippen LogP contribution in [0.5, 0.6) is 5.75 Å². The summed E-state index contributed by atoms with van der Waals surface area (Å²) in [6.45, 7) is 3.62. The number of halogens is 3. The Bertz CT molecular complexity index is 778. The number of hydrogen-bond acceptors (Lipinski definition) is 3. The van der Waals surface area contributed by atoms with Gasteiger partial charge in [-0.3, -0.25) is 4.99 Å². The number of nitrogens with zero attached hydrogens (tertiary/aromatic N) is 1. The van der Waals surface area contributed by atoms with E-state index in [4.69, 9.17) is 27.9 Å². The molecule has 0 radical (unpaired) electrons. The molecule has 0 aliphatic carbocycles. The molecule has 1 fully saturated rings. The minimum atomic E-state index is -0.258. The number of rotatable bonds is 5. The van der Waals surface area contributed by atoms with Crippen molar-refractivity contribution in [2.45, 2.75) is 6.04 Å². The number of morpholine rings is 1. The van der Waals surface area contributed by atoms with E-state index in [2.05, 4.69) is 4.99 Å². The zero-order chi connectivity index (χ0) is 18.5. The van der Waals surface area contributed by atoms with Crippen LogP contribution in [0.1, 0.15) is 17.2 Å². The third kappa shape index (κ3) is 4.74. The van der Waals surface area contributed by atoms with Crippen molar-refractivity contribution in [3.8, 4) is 5.75 Å². The lowest BCUT2D eigenvalue weighted by Crippen LogP contribution is -3.14. The van der Waals surface area contributed by atoms with Gasteiger partial charge in [-0.2, -0.15) is 0 Å². The molecule has 2 aromatic carbocycles. The van der Waals surface area contributed by atoms with Gasteiger partial charge in [-0.25, -0.2) is 4.39 Å². The number of phenols is 1. The SMILES string of the molecule is Oc1c(Cl)cc(Cl)cc1C=NC[C@H](c1ccc(F)cc1)[NH+]1CCOCC1. The standard InChI is InChI=1S/C19H19Cl2FN2O2/c20-15-9-14(19(25)17(21)10-15)11-23-12-18(24-5-7-26-8-6-24)13-1-3-16(22)4-2-13/h1-4,9-11,18,25H,5-8,12H2/p+1/t18-/m1/s1. The second-order valence-corrected chi connectivity index (χ2v) is 7.04. The second kappa shape index (κ2) is 8.82. The summed E-state index contributed by atoms with van der Waals surface area (Å²) < 4.78 is 18.7. The lowest BCUT2D eigenvalue weighted by atomic mass is 10.0. The molecule has 0 unspecified atom stereocenters. The van der Waals surface area contributed by atoms with Gasteiger partial charge < -0.3 is 14.7 Å². The number of aromatic hydroxyl groups is 1. The van der Waals surface area contributed by atoms with E-state index in [-0.39, 0.29) is 22.6 Å². The molecular weight excluding hydrogens is 378 g/mol. The number of quaternary nitrogens is 1. The molecule has 0 spiro atoms. The monoisotopic (exact) mass is 397 g/mol. The third-order valence-electron chi connectivity index (χ3n) is 4.48. The van der Waals surface area contributed by atoms with Crippen LogP contribution in [0.3, 0.4) is 0 Å². The number of aliphatic imine (C=N–C) groups is 1. The number of phenolic OH excluding ortho intramolecular Hbond substituents is 1. The maximum Gasteiger partial charge on any atom is 0.143 e. The van der Waals surface area contributed by atoms with E-state index in [1.807, 2.05) is 0 Å². The van der Waals surface area contributed by atoms with Crippen LogP contribution in [-0.4, -0.2) is 44.2 Å². The highest BCUT2D eigenvalue weighted by Gasteiger charge is 2.26. The van der Waals surface area contributed by atoms with Crippen molar-refractivity contribution in [1.82, 2.24) is 0 Å². The van der Waals surface area contributed by atoms with E-state index >= 15 is 0 Å². The maximum atomic E-state index is 13.3. The maximum absolute atomic E-state index is 13.3. The van der Waals surface area contributed by atoms with Gasteiger partial charge in [0.05, 0.1) is 24.8 Å². The molecule has 2 aromatic rings. The summed E-state index contributed by atoms with van der Waals surface area (Å²) in [7, 11) is 0. The number of benzene rings is 2. The van der Waals surface area contributed by atoms with Gasteiger partial charge in [0.1, 0.15) is 30.7 Å². The van der Waals surface area contributed by atoms with E-state index in [1.54, 1.807) is 24.4 Å². The number of ether oxygens (including phenoxy) is 1. The molecule has 3 rings (SSSR count). The molecule has 1 aliphatic heterocycles. The van der Waals surface area contributed by atoms with Gasteiger partial charge >= 0.3 is 0 Å². The minimum Gasteiger partial charge on any atom is -0.506 e. The molecule has 0 aromatic heterocycles. The fraction of sp³-hybridized carbons (Fsp3) is 0.316. The van der Waals surface area contributed by atoms with E-state index in [0.717, 1.165) is 18.7 Å². The molecule has 7 heteroatoms. The fourth-order valence-corrected chi connectivity index (χ4v) is 3.60. The van der Waals surface area contributed by atoms with Crippen molar-refractivity contribution in [1.29, 1.82) is 0 Å². The smallest absolute Gasteiger partial charge is 0.143 e. The van der Waals surface area contributed by atoms with Gasteiger partial charge in [-0.05, 0) is 24.3 Å². The normalized spacial score (nSPS) is 16.9. The largest absolute Gasteiger partial charge is 0.506 e. The summed E-state index contributed by atoms with van der Waals surface area (Å²) in [4.78, 5) is 5.84. The van der Waals surface area contributed by atoms with Crippen molar-refractivity contribution in [2.24, 2.45) is 4.99 Å². The zero-order valence-corrected chi connectivity index (χ0v) is 15.6. The Balaban J connectivity index is 1.80. The summed E-state index contributed by atoms with van der Waals surface area (Å²) in [5.41, 5.74) is 1.49. The predicted molar refractivity (Wildman–Crippen MR) is 101 cm³/mol. The summed E-state index contributed by atoms with van der Waals surface area (Å²) >= 11 is 11.9. The number of nitrogens with one attached hydrogen (secondary N) is 1. The third-order valence-corrected chi connectivity index (χ3v) is 4.98. The van der Waals surface area contributed by atoms with Crippen LogP contribution in [0.15, 0.2) is 41.4 Å². The van der Waals surface area contributed by atoms with E-state index in [9.17, 15) is 9.50 Å². The van der Waals surface area contributed by atoms with E-state index in [0.29, 0.717) is 30.3 Å². The first kappa shape index (κ1) is 19.1. The molecule has 1 heterocycles. The second-order valence-electron chi connectivity index (χ2n) is 6.19. The Morgan fingerprint density at radius 2 is 1.88 bits per heavy atom. The summed E-state index contributed by atoms with van der Waals surface area (Å²) in [5.74, 6) is -0.302. The van der Waals surface area contributed by atoms with E-state index < -0.39 is 0 Å². The van der Waals surface area contributed by atoms with Crippen molar-refractivity contribution < 1.29 is 19.1 Å². The number of hydrogen-bond donors (Lipinski definition) is 2. The van der Waals surface area contributed by atoms with Crippen LogP contribution in [0.4, 0.5) is 4.39 Å². The molecule has 2 N–H and O–H groups in total. The van der Waals surface area contributed by atoms with Crippen molar-refractivity contribution >= 4 is 29.4 Å². The minimum absolute atomic E-state index is 0.0446. The molecule has 1 atom stereocenters. The molecule has 1 saturated heterocycles. The molecule has 0 bridgehead atoms. The Hall–Kier alpha value is -1.66. The quantitative estimate of drug-likeness (QED) is 0.761.